The van der Waals surface area contributed by atoms with Crippen molar-refractivity contribution in [2.75, 3.05) is 19.8 Å². The lowest BCUT2D eigenvalue weighted by Gasteiger charge is -2.20. The Bertz CT molecular complexity index is 1220. The van der Waals surface area contributed by atoms with Crippen LogP contribution < -0.4 is 5.73 Å². The Balaban J connectivity index is 1.76. The highest BCUT2D eigenvalue weighted by molar-refractivity contribution is 5.76. The smallest absolute Gasteiger partial charge is 0.190 e. The van der Waals surface area contributed by atoms with Gasteiger partial charge in [0.1, 0.15) is 11.5 Å². The number of rotatable bonds is 5. The molecule has 0 aliphatic heterocycles. The molecule has 0 saturated carbocycles. The minimum absolute atomic E-state index is 0.119. The van der Waals surface area contributed by atoms with E-state index in [4.69, 9.17) is 5.73 Å². The molecule has 0 aliphatic carbocycles. The third kappa shape index (κ3) is 3.87. The fourth-order valence-corrected chi connectivity index (χ4v) is 3.24. The predicted octanol–water partition coefficient (Wildman–Crippen LogP) is 3.87. The maximum atomic E-state index is 14.3. The van der Waals surface area contributed by atoms with E-state index in [2.05, 4.69) is 44.5 Å². The predicted molar refractivity (Wildman–Crippen MR) is 114 cm³/mol. The first-order valence-corrected chi connectivity index (χ1v) is 9.62. The Kier molecular flexibility index (Phi) is 5.43. The Morgan fingerprint density at radius 3 is 2.48 bits per heavy atom. The molecule has 0 bridgehead atoms. The maximum absolute atomic E-state index is 14.3. The van der Waals surface area contributed by atoms with E-state index in [1.165, 1.54) is 17.7 Å². The van der Waals surface area contributed by atoms with Crippen molar-refractivity contribution in [3.63, 3.8) is 0 Å². The van der Waals surface area contributed by atoms with Crippen molar-refractivity contribution in [3.05, 3.63) is 71.9 Å². The van der Waals surface area contributed by atoms with E-state index in [1.54, 1.807) is 12.3 Å². The Morgan fingerprint density at radius 2 is 1.77 bits per heavy atom. The van der Waals surface area contributed by atoms with Crippen LogP contribution in [0.4, 0.5) is 14.6 Å². The monoisotopic (exact) mass is 421 g/mol. The number of nitrogens with zero attached hydrogens (tertiary/aromatic N) is 6. The second-order valence-corrected chi connectivity index (χ2v) is 7.41. The highest BCUT2D eigenvalue weighted by atomic mass is 19.2. The summed E-state index contributed by atoms with van der Waals surface area (Å²) in [6.45, 7) is 2.13. The van der Waals surface area contributed by atoms with E-state index in [0.29, 0.717) is 5.56 Å². The number of anilines is 1. The van der Waals surface area contributed by atoms with E-state index in [9.17, 15) is 8.78 Å². The molecule has 2 heterocycles. The molecule has 4 aromatic rings. The number of nitrogens with two attached hydrogens (primary N) is 1. The molecule has 0 radical (unpaired) electrons. The fraction of sp³-hybridized carbons (Fsp3) is 0.182. The number of nitrogen functional groups attached to an aromatic ring is 1. The fourth-order valence-electron chi connectivity index (χ4n) is 3.24. The zero-order chi connectivity index (χ0) is 22.1. The highest BCUT2D eigenvalue weighted by Crippen LogP contribution is 2.30. The number of tetrazole rings is 1. The normalized spacial score (nSPS) is 12.3. The quantitative estimate of drug-likeness (QED) is 0.526. The standard InChI is InChI=1S/C22H21F2N7/c1-13(30(2)3)14-7-9-15(10-8-14)16-11-17(21(25)26-12-16)22-27-28-29-31(22)19-6-4-5-18(23)20(19)24/h4-13H,1-3H3,(H2,25,26)/t13-/m1/s1. The minimum Gasteiger partial charge on any atom is -0.383 e. The van der Waals surface area contributed by atoms with Crippen LogP contribution in [0.2, 0.25) is 0 Å². The number of hydrogen-bond donors (Lipinski definition) is 1. The molecule has 2 aromatic heterocycles. The van der Waals surface area contributed by atoms with Gasteiger partial charge in [0.05, 0.1) is 5.56 Å². The van der Waals surface area contributed by atoms with E-state index < -0.39 is 11.6 Å². The van der Waals surface area contributed by atoms with Gasteiger partial charge in [0.2, 0.25) is 0 Å². The summed E-state index contributed by atoms with van der Waals surface area (Å²) in [5.74, 6) is -1.71. The average molecular weight is 421 g/mol. The molecule has 2 N–H and O–H groups in total. The first-order valence-electron chi connectivity index (χ1n) is 9.62. The molecule has 0 amide bonds. The van der Waals surface area contributed by atoms with Crippen molar-refractivity contribution in [2.45, 2.75) is 13.0 Å². The molecule has 4 rings (SSSR count). The topological polar surface area (TPSA) is 85.7 Å². The zero-order valence-electron chi connectivity index (χ0n) is 17.3. The molecule has 0 saturated heterocycles. The minimum atomic E-state index is -1.05. The lowest BCUT2D eigenvalue weighted by Crippen LogP contribution is -2.16. The van der Waals surface area contributed by atoms with Gasteiger partial charge in [-0.25, -0.2) is 13.8 Å². The van der Waals surface area contributed by atoms with Crippen molar-refractivity contribution in [2.24, 2.45) is 0 Å². The summed E-state index contributed by atoms with van der Waals surface area (Å²) in [6.07, 6.45) is 1.65. The number of benzene rings is 2. The van der Waals surface area contributed by atoms with Gasteiger partial charge < -0.3 is 10.6 Å². The second kappa shape index (κ2) is 8.19. The van der Waals surface area contributed by atoms with Gasteiger partial charge in [0, 0.05) is 17.8 Å². The van der Waals surface area contributed by atoms with Crippen LogP contribution in [0, 0.1) is 11.6 Å². The summed E-state index contributed by atoms with van der Waals surface area (Å²) in [7, 11) is 4.06. The Hall–Kier alpha value is -3.72. The lowest BCUT2D eigenvalue weighted by atomic mass is 10.0. The summed E-state index contributed by atoms with van der Waals surface area (Å²) in [6, 6.07) is 14.0. The zero-order valence-corrected chi connectivity index (χ0v) is 17.3. The molecule has 1 atom stereocenters. The highest BCUT2D eigenvalue weighted by Gasteiger charge is 2.19. The van der Waals surface area contributed by atoms with E-state index >= 15 is 0 Å². The van der Waals surface area contributed by atoms with Gasteiger partial charge >= 0.3 is 0 Å². The van der Waals surface area contributed by atoms with Gasteiger partial charge in [0.15, 0.2) is 17.5 Å². The van der Waals surface area contributed by atoms with Crippen molar-refractivity contribution in [1.82, 2.24) is 30.1 Å². The summed E-state index contributed by atoms with van der Waals surface area (Å²) in [5, 5.41) is 11.4. The molecule has 0 aliphatic rings. The van der Waals surface area contributed by atoms with Crippen LogP contribution >= 0.6 is 0 Å². The molecule has 2 aromatic carbocycles. The molecule has 158 valence electrons. The van der Waals surface area contributed by atoms with Crippen molar-refractivity contribution in [1.29, 1.82) is 0 Å². The van der Waals surface area contributed by atoms with Crippen molar-refractivity contribution in [3.8, 4) is 28.2 Å². The first-order chi connectivity index (χ1) is 14.9. The third-order valence-electron chi connectivity index (χ3n) is 5.29. The molecular formula is C22H21F2N7. The van der Waals surface area contributed by atoms with Crippen LogP contribution in [0.25, 0.3) is 28.2 Å². The summed E-state index contributed by atoms with van der Waals surface area (Å²) >= 11 is 0. The van der Waals surface area contributed by atoms with Crippen LogP contribution in [0.1, 0.15) is 18.5 Å². The van der Waals surface area contributed by atoms with Crippen molar-refractivity contribution < 1.29 is 8.78 Å². The van der Waals surface area contributed by atoms with Gasteiger partial charge in [-0.3, -0.25) is 0 Å². The van der Waals surface area contributed by atoms with Crippen LogP contribution in [0.15, 0.2) is 54.7 Å². The molecule has 0 fully saturated rings. The SMILES string of the molecule is C[C@H](c1ccc(-c2cnc(N)c(-c3nnnn3-c3cccc(F)c3F)c2)cc1)N(C)C. The molecule has 9 heteroatoms. The second-order valence-electron chi connectivity index (χ2n) is 7.41. The molecule has 7 nitrogen and oxygen atoms in total. The molecule has 0 spiro atoms. The van der Waals surface area contributed by atoms with Crippen LogP contribution in [-0.4, -0.2) is 44.2 Å². The van der Waals surface area contributed by atoms with Crippen LogP contribution in [0.3, 0.4) is 0 Å². The van der Waals surface area contributed by atoms with Gasteiger partial charge in [-0.1, -0.05) is 30.3 Å². The number of pyridine rings is 1. The van der Waals surface area contributed by atoms with Gasteiger partial charge in [-0.15, -0.1) is 5.10 Å². The number of aromatic nitrogens is 5. The Morgan fingerprint density at radius 1 is 1.03 bits per heavy atom. The number of halogens is 2. The Labute approximate surface area is 178 Å². The lowest BCUT2D eigenvalue weighted by molar-refractivity contribution is 0.321. The van der Waals surface area contributed by atoms with Crippen LogP contribution in [0.5, 0.6) is 0 Å². The van der Waals surface area contributed by atoms with Crippen molar-refractivity contribution >= 4 is 5.82 Å². The van der Waals surface area contributed by atoms with E-state index in [-0.39, 0.29) is 23.4 Å². The van der Waals surface area contributed by atoms with Gasteiger partial charge in [0.25, 0.3) is 0 Å². The first kappa shape index (κ1) is 20.5. The maximum Gasteiger partial charge on any atom is 0.190 e. The average Bonchev–Trinajstić information content (AvgIpc) is 3.25. The molecule has 31 heavy (non-hydrogen) atoms. The summed E-state index contributed by atoms with van der Waals surface area (Å²) in [4.78, 5) is 6.39. The van der Waals surface area contributed by atoms with E-state index in [1.807, 2.05) is 26.2 Å². The number of hydrogen-bond acceptors (Lipinski definition) is 6. The van der Waals surface area contributed by atoms with Gasteiger partial charge in [-0.2, -0.15) is 4.68 Å². The summed E-state index contributed by atoms with van der Waals surface area (Å²) < 4.78 is 29.1. The van der Waals surface area contributed by atoms with Gasteiger partial charge in [-0.05, 0) is 60.8 Å². The molecule has 0 unspecified atom stereocenters. The summed E-state index contributed by atoms with van der Waals surface area (Å²) in [5.41, 5.74) is 9.28. The van der Waals surface area contributed by atoms with E-state index in [0.717, 1.165) is 21.9 Å². The largest absolute Gasteiger partial charge is 0.383 e. The van der Waals surface area contributed by atoms with Crippen LogP contribution in [-0.2, 0) is 0 Å². The third-order valence-corrected chi connectivity index (χ3v) is 5.29. The molecular weight excluding hydrogens is 400 g/mol.